The minimum Gasteiger partial charge on any atom is -0.355 e. The molecule has 3 nitrogen and oxygen atoms in total. The van der Waals surface area contributed by atoms with Crippen LogP contribution in [0.15, 0.2) is 23.1 Å². The highest BCUT2D eigenvalue weighted by molar-refractivity contribution is 7.97. The van der Waals surface area contributed by atoms with Crippen LogP contribution in [0.4, 0.5) is 4.39 Å². The van der Waals surface area contributed by atoms with E-state index in [0.29, 0.717) is 4.90 Å². The van der Waals surface area contributed by atoms with Crippen molar-refractivity contribution < 1.29 is 9.18 Å². The van der Waals surface area contributed by atoms with E-state index in [-0.39, 0.29) is 11.5 Å². The zero-order chi connectivity index (χ0) is 9.84. The molecule has 5 heteroatoms. The molecule has 0 aliphatic heterocycles. The number of hydrogen-bond acceptors (Lipinski definition) is 3. The van der Waals surface area contributed by atoms with Crippen molar-refractivity contribution in [2.24, 2.45) is 5.14 Å². The molecule has 0 atom stereocenters. The molecule has 0 aromatic heterocycles. The smallest absolute Gasteiger partial charge is 0.251 e. The van der Waals surface area contributed by atoms with Crippen LogP contribution in [0.2, 0.25) is 0 Å². The van der Waals surface area contributed by atoms with Gasteiger partial charge < -0.3 is 5.32 Å². The Hall–Kier alpha value is -1.07. The summed E-state index contributed by atoms with van der Waals surface area (Å²) in [6.07, 6.45) is 0. The first kappa shape index (κ1) is 10.0. The Labute approximate surface area is 79.6 Å². The molecule has 0 saturated carbocycles. The third-order valence-electron chi connectivity index (χ3n) is 1.55. The molecule has 1 amide bonds. The predicted octanol–water partition coefficient (Wildman–Crippen LogP) is 1.15. The van der Waals surface area contributed by atoms with Crippen LogP contribution in [0, 0.1) is 5.82 Å². The van der Waals surface area contributed by atoms with E-state index in [4.69, 9.17) is 5.14 Å². The summed E-state index contributed by atoms with van der Waals surface area (Å²) in [7, 11) is 1.49. The summed E-state index contributed by atoms with van der Waals surface area (Å²) in [5.74, 6) is -0.791. The van der Waals surface area contributed by atoms with E-state index < -0.39 is 5.82 Å². The third kappa shape index (κ3) is 2.19. The number of benzene rings is 1. The highest BCUT2D eigenvalue weighted by atomic mass is 32.2. The Kier molecular flexibility index (Phi) is 3.27. The normalized spacial score (nSPS) is 9.77. The summed E-state index contributed by atoms with van der Waals surface area (Å²) >= 11 is 0.817. The van der Waals surface area contributed by atoms with Crippen LogP contribution in [-0.2, 0) is 0 Å². The van der Waals surface area contributed by atoms with Crippen LogP contribution in [0.5, 0.6) is 0 Å². The molecule has 0 aliphatic carbocycles. The van der Waals surface area contributed by atoms with Crippen LogP contribution in [0.1, 0.15) is 10.4 Å². The lowest BCUT2D eigenvalue weighted by atomic mass is 10.2. The molecule has 1 aromatic carbocycles. The maximum absolute atomic E-state index is 13.1. The largest absolute Gasteiger partial charge is 0.355 e. The standard InChI is InChI=1S/C8H9FN2OS/c1-11-8(12)5-2-3-7(13-10)6(9)4-5/h2-4H,10H2,1H3,(H,11,12). The maximum atomic E-state index is 13.1. The van der Waals surface area contributed by atoms with E-state index in [2.05, 4.69) is 5.32 Å². The van der Waals surface area contributed by atoms with Gasteiger partial charge in [-0.2, -0.15) is 0 Å². The van der Waals surface area contributed by atoms with Crippen molar-refractivity contribution in [3.8, 4) is 0 Å². The number of amides is 1. The Bertz CT molecular complexity index is 330. The fraction of sp³-hybridized carbons (Fsp3) is 0.125. The van der Waals surface area contributed by atoms with Gasteiger partial charge in [0.05, 0.1) is 4.90 Å². The first-order valence-corrected chi connectivity index (χ1v) is 4.45. The second kappa shape index (κ2) is 4.25. The van der Waals surface area contributed by atoms with Gasteiger partial charge in [0, 0.05) is 12.6 Å². The van der Waals surface area contributed by atoms with Crippen LogP contribution < -0.4 is 10.5 Å². The molecule has 1 aromatic rings. The highest BCUT2D eigenvalue weighted by Gasteiger charge is 2.07. The Morgan fingerprint density at radius 2 is 2.31 bits per heavy atom. The summed E-state index contributed by atoms with van der Waals surface area (Å²) in [5, 5.41) is 7.59. The lowest BCUT2D eigenvalue weighted by molar-refractivity contribution is 0.0962. The van der Waals surface area contributed by atoms with Gasteiger partial charge in [-0.1, -0.05) is 0 Å². The van der Waals surface area contributed by atoms with E-state index in [9.17, 15) is 9.18 Å². The van der Waals surface area contributed by atoms with Crippen LogP contribution in [0.25, 0.3) is 0 Å². The molecule has 0 radical (unpaired) electrons. The van der Waals surface area contributed by atoms with Gasteiger partial charge in [0.25, 0.3) is 5.91 Å². The van der Waals surface area contributed by atoms with Crippen LogP contribution in [0.3, 0.4) is 0 Å². The Morgan fingerprint density at radius 3 is 2.77 bits per heavy atom. The number of carbonyl (C=O) groups is 1. The van der Waals surface area contributed by atoms with E-state index in [0.717, 1.165) is 18.0 Å². The molecule has 0 aliphatic rings. The molecule has 0 saturated heterocycles. The molecule has 0 heterocycles. The third-order valence-corrected chi connectivity index (χ3v) is 2.13. The van der Waals surface area contributed by atoms with Gasteiger partial charge in [0.2, 0.25) is 0 Å². The monoisotopic (exact) mass is 200 g/mol. The van der Waals surface area contributed by atoms with Gasteiger partial charge in [0.15, 0.2) is 0 Å². The highest BCUT2D eigenvalue weighted by Crippen LogP contribution is 2.17. The van der Waals surface area contributed by atoms with E-state index in [1.54, 1.807) is 0 Å². The number of nitrogens with two attached hydrogens (primary N) is 1. The SMILES string of the molecule is CNC(=O)c1ccc(SN)c(F)c1. The summed E-state index contributed by atoms with van der Waals surface area (Å²) in [6, 6.07) is 4.16. The van der Waals surface area contributed by atoms with Crippen molar-refractivity contribution in [3.05, 3.63) is 29.6 Å². The average Bonchev–Trinajstić information content (AvgIpc) is 2.16. The molecule has 0 unspecified atom stereocenters. The zero-order valence-electron chi connectivity index (χ0n) is 7.00. The second-order valence-electron chi connectivity index (χ2n) is 2.34. The molecule has 1 rings (SSSR count). The average molecular weight is 200 g/mol. The Morgan fingerprint density at radius 1 is 1.62 bits per heavy atom. The molecule has 13 heavy (non-hydrogen) atoms. The van der Waals surface area contributed by atoms with Crippen molar-refractivity contribution in [1.82, 2.24) is 5.32 Å². The fourth-order valence-electron chi connectivity index (χ4n) is 0.882. The van der Waals surface area contributed by atoms with Gasteiger partial charge in [-0.15, -0.1) is 0 Å². The molecule has 0 bridgehead atoms. The lowest BCUT2D eigenvalue weighted by Gasteiger charge is -2.02. The molecular formula is C8H9FN2OS. The van der Waals surface area contributed by atoms with E-state index in [1.807, 2.05) is 0 Å². The molecule has 70 valence electrons. The van der Waals surface area contributed by atoms with Crippen LogP contribution in [-0.4, -0.2) is 13.0 Å². The maximum Gasteiger partial charge on any atom is 0.251 e. The molecule has 3 N–H and O–H groups in total. The summed E-state index contributed by atoms with van der Waals surface area (Å²) < 4.78 is 13.1. The van der Waals surface area contributed by atoms with Gasteiger partial charge in [0.1, 0.15) is 5.82 Å². The molecule has 0 fully saturated rings. The van der Waals surface area contributed by atoms with Gasteiger partial charge in [-0.25, -0.2) is 4.39 Å². The van der Waals surface area contributed by atoms with Crippen molar-refractivity contribution >= 4 is 17.9 Å². The van der Waals surface area contributed by atoms with Gasteiger partial charge in [-0.3, -0.25) is 9.93 Å². The first-order valence-electron chi connectivity index (χ1n) is 3.57. The number of halogens is 1. The lowest BCUT2D eigenvalue weighted by Crippen LogP contribution is -2.17. The van der Waals surface area contributed by atoms with Gasteiger partial charge >= 0.3 is 0 Å². The fourth-order valence-corrected chi connectivity index (χ4v) is 1.20. The Balaban J connectivity index is 3.02. The molecular weight excluding hydrogens is 191 g/mol. The van der Waals surface area contributed by atoms with E-state index >= 15 is 0 Å². The summed E-state index contributed by atoms with van der Waals surface area (Å²) in [5.41, 5.74) is 0.290. The topological polar surface area (TPSA) is 55.1 Å². The number of carbonyl (C=O) groups excluding carboxylic acids is 1. The summed E-state index contributed by atoms with van der Waals surface area (Å²) in [6.45, 7) is 0. The van der Waals surface area contributed by atoms with Gasteiger partial charge in [-0.05, 0) is 30.1 Å². The number of hydrogen-bond donors (Lipinski definition) is 2. The predicted molar refractivity (Wildman–Crippen MR) is 49.8 cm³/mol. The minimum atomic E-state index is -0.478. The first-order chi connectivity index (χ1) is 6.19. The van der Waals surface area contributed by atoms with Crippen molar-refractivity contribution in [1.29, 1.82) is 0 Å². The minimum absolute atomic E-state index is 0.290. The van der Waals surface area contributed by atoms with E-state index in [1.165, 1.54) is 19.2 Å². The quantitative estimate of drug-likeness (QED) is 0.704. The molecule has 0 spiro atoms. The van der Waals surface area contributed by atoms with Crippen molar-refractivity contribution in [3.63, 3.8) is 0 Å². The number of rotatable bonds is 2. The van der Waals surface area contributed by atoms with Crippen molar-refractivity contribution in [2.75, 3.05) is 7.05 Å². The van der Waals surface area contributed by atoms with Crippen LogP contribution >= 0.6 is 11.9 Å². The van der Waals surface area contributed by atoms with Crippen molar-refractivity contribution in [2.45, 2.75) is 4.90 Å². The number of nitrogens with one attached hydrogen (secondary N) is 1. The second-order valence-corrected chi connectivity index (χ2v) is 3.02. The zero-order valence-corrected chi connectivity index (χ0v) is 7.82. The summed E-state index contributed by atoms with van der Waals surface area (Å²) in [4.78, 5) is 11.4.